The standard InChI is InChI=1S/C21H25ClO3/c1-2-24-18-9-6-15(7-10-18)12-17-13-16(8-11-20(17)22)21-5-3-4-19(14-23)25-21/h6-11,13,19,21,23H,2-5,12,14H2,1H3. The van der Waals surface area contributed by atoms with Gasteiger partial charge in [0.15, 0.2) is 0 Å². The molecule has 1 aliphatic rings. The van der Waals surface area contributed by atoms with Gasteiger partial charge >= 0.3 is 0 Å². The van der Waals surface area contributed by atoms with Crippen LogP contribution in [0.4, 0.5) is 0 Å². The van der Waals surface area contributed by atoms with Crippen LogP contribution in [0.2, 0.25) is 5.02 Å². The molecular weight excluding hydrogens is 336 g/mol. The number of aliphatic hydroxyl groups is 1. The Hall–Kier alpha value is -1.55. The molecule has 1 aliphatic heterocycles. The Labute approximate surface area is 154 Å². The molecule has 3 rings (SSSR count). The predicted octanol–water partition coefficient (Wildman–Crippen LogP) is 4.93. The Morgan fingerprint density at radius 2 is 1.96 bits per heavy atom. The van der Waals surface area contributed by atoms with Crippen LogP contribution >= 0.6 is 11.6 Å². The number of ether oxygens (including phenoxy) is 2. The number of rotatable bonds is 6. The van der Waals surface area contributed by atoms with Crippen molar-refractivity contribution in [2.45, 2.75) is 44.8 Å². The zero-order valence-electron chi connectivity index (χ0n) is 14.6. The van der Waals surface area contributed by atoms with Crippen molar-refractivity contribution in [1.82, 2.24) is 0 Å². The van der Waals surface area contributed by atoms with Gasteiger partial charge < -0.3 is 14.6 Å². The molecule has 2 atom stereocenters. The molecular formula is C21H25ClO3. The molecule has 0 spiro atoms. The highest BCUT2D eigenvalue weighted by molar-refractivity contribution is 6.31. The summed E-state index contributed by atoms with van der Waals surface area (Å²) >= 11 is 6.42. The Bertz CT molecular complexity index is 684. The fraction of sp³-hybridized carbons (Fsp3) is 0.429. The van der Waals surface area contributed by atoms with Gasteiger partial charge in [-0.05, 0) is 67.5 Å². The maximum atomic E-state index is 9.35. The zero-order valence-corrected chi connectivity index (χ0v) is 15.3. The number of aliphatic hydroxyl groups excluding tert-OH is 1. The smallest absolute Gasteiger partial charge is 0.119 e. The molecule has 1 saturated heterocycles. The summed E-state index contributed by atoms with van der Waals surface area (Å²) in [5, 5.41) is 10.1. The minimum atomic E-state index is -0.0519. The topological polar surface area (TPSA) is 38.7 Å². The van der Waals surface area contributed by atoms with E-state index in [1.165, 1.54) is 5.56 Å². The lowest BCUT2D eigenvalue weighted by Gasteiger charge is -2.29. The van der Waals surface area contributed by atoms with Crippen molar-refractivity contribution in [2.75, 3.05) is 13.2 Å². The third kappa shape index (κ3) is 4.75. The molecule has 0 radical (unpaired) electrons. The summed E-state index contributed by atoms with van der Waals surface area (Å²) in [6, 6.07) is 14.3. The van der Waals surface area contributed by atoms with Crippen molar-refractivity contribution in [2.24, 2.45) is 0 Å². The second-order valence-corrected chi connectivity index (χ2v) is 6.87. The van der Waals surface area contributed by atoms with Gasteiger partial charge in [-0.1, -0.05) is 35.9 Å². The van der Waals surface area contributed by atoms with Gasteiger partial charge in [-0.2, -0.15) is 0 Å². The molecule has 0 saturated carbocycles. The maximum Gasteiger partial charge on any atom is 0.119 e. The van der Waals surface area contributed by atoms with Crippen LogP contribution in [-0.2, 0) is 11.2 Å². The van der Waals surface area contributed by atoms with Crippen molar-refractivity contribution in [3.63, 3.8) is 0 Å². The highest BCUT2D eigenvalue weighted by Crippen LogP contribution is 2.33. The van der Waals surface area contributed by atoms with E-state index < -0.39 is 0 Å². The van der Waals surface area contributed by atoms with Gasteiger partial charge in [0.1, 0.15) is 5.75 Å². The van der Waals surface area contributed by atoms with Crippen LogP contribution in [0.25, 0.3) is 0 Å². The molecule has 0 aromatic heterocycles. The van der Waals surface area contributed by atoms with Crippen molar-refractivity contribution in [3.8, 4) is 5.75 Å². The molecule has 2 aromatic carbocycles. The van der Waals surface area contributed by atoms with E-state index >= 15 is 0 Å². The first-order chi connectivity index (χ1) is 12.2. The maximum absolute atomic E-state index is 9.35. The van der Waals surface area contributed by atoms with E-state index in [-0.39, 0.29) is 18.8 Å². The van der Waals surface area contributed by atoms with E-state index in [0.29, 0.717) is 6.61 Å². The largest absolute Gasteiger partial charge is 0.494 e. The van der Waals surface area contributed by atoms with Crippen LogP contribution < -0.4 is 4.74 Å². The molecule has 4 heteroatoms. The van der Waals surface area contributed by atoms with Gasteiger partial charge in [-0.25, -0.2) is 0 Å². The van der Waals surface area contributed by atoms with Gasteiger partial charge in [-0.3, -0.25) is 0 Å². The van der Waals surface area contributed by atoms with E-state index in [1.54, 1.807) is 0 Å². The third-order valence-electron chi connectivity index (χ3n) is 4.62. The van der Waals surface area contributed by atoms with Crippen molar-refractivity contribution < 1.29 is 14.6 Å². The first kappa shape index (κ1) is 18.2. The summed E-state index contributed by atoms with van der Waals surface area (Å²) in [5.41, 5.74) is 3.43. The van der Waals surface area contributed by atoms with Gasteiger partial charge in [0.25, 0.3) is 0 Å². The molecule has 1 N–H and O–H groups in total. The van der Waals surface area contributed by atoms with Gasteiger partial charge in [-0.15, -0.1) is 0 Å². The first-order valence-electron chi connectivity index (χ1n) is 8.96. The normalized spacial score (nSPS) is 20.4. The summed E-state index contributed by atoms with van der Waals surface area (Å²) in [5.74, 6) is 0.886. The molecule has 0 amide bonds. The Morgan fingerprint density at radius 3 is 2.68 bits per heavy atom. The lowest BCUT2D eigenvalue weighted by atomic mass is 9.95. The number of hydrogen-bond acceptors (Lipinski definition) is 3. The van der Waals surface area contributed by atoms with Gasteiger partial charge in [0.05, 0.1) is 25.4 Å². The fourth-order valence-electron chi connectivity index (χ4n) is 3.30. The van der Waals surface area contributed by atoms with Crippen LogP contribution in [0.1, 0.15) is 49.0 Å². The molecule has 3 nitrogen and oxygen atoms in total. The molecule has 1 fully saturated rings. The van der Waals surface area contributed by atoms with E-state index in [4.69, 9.17) is 21.1 Å². The molecule has 0 aliphatic carbocycles. The molecule has 1 heterocycles. The lowest BCUT2D eigenvalue weighted by Crippen LogP contribution is -2.25. The molecule has 134 valence electrons. The van der Waals surface area contributed by atoms with Crippen LogP contribution in [0.3, 0.4) is 0 Å². The SMILES string of the molecule is CCOc1ccc(Cc2cc(C3CCCC(CO)O3)ccc2Cl)cc1. The van der Waals surface area contributed by atoms with Gasteiger partial charge in [0, 0.05) is 5.02 Å². The second kappa shape index (κ2) is 8.70. The lowest BCUT2D eigenvalue weighted by molar-refractivity contribution is -0.0737. The minimum Gasteiger partial charge on any atom is -0.494 e. The Balaban J connectivity index is 1.75. The number of benzene rings is 2. The van der Waals surface area contributed by atoms with E-state index in [0.717, 1.165) is 47.6 Å². The summed E-state index contributed by atoms with van der Waals surface area (Å²) in [6.07, 6.45) is 3.76. The molecule has 0 bridgehead atoms. The Morgan fingerprint density at radius 1 is 1.16 bits per heavy atom. The average molecular weight is 361 g/mol. The van der Waals surface area contributed by atoms with Crippen molar-refractivity contribution in [1.29, 1.82) is 0 Å². The van der Waals surface area contributed by atoms with Crippen LogP contribution in [0, 0.1) is 0 Å². The second-order valence-electron chi connectivity index (χ2n) is 6.46. The summed E-state index contributed by atoms with van der Waals surface area (Å²) in [4.78, 5) is 0. The van der Waals surface area contributed by atoms with Crippen LogP contribution in [-0.4, -0.2) is 24.4 Å². The monoisotopic (exact) mass is 360 g/mol. The summed E-state index contributed by atoms with van der Waals surface area (Å²) in [7, 11) is 0. The number of hydrogen-bond donors (Lipinski definition) is 1. The predicted molar refractivity (Wildman–Crippen MR) is 100 cm³/mol. The quantitative estimate of drug-likeness (QED) is 0.793. The van der Waals surface area contributed by atoms with Crippen LogP contribution in [0.5, 0.6) is 5.75 Å². The van der Waals surface area contributed by atoms with Crippen molar-refractivity contribution >= 4 is 11.6 Å². The van der Waals surface area contributed by atoms with Gasteiger partial charge in [0.2, 0.25) is 0 Å². The highest BCUT2D eigenvalue weighted by atomic mass is 35.5. The first-order valence-corrected chi connectivity index (χ1v) is 9.33. The van der Waals surface area contributed by atoms with E-state index in [2.05, 4.69) is 18.2 Å². The van der Waals surface area contributed by atoms with E-state index in [1.807, 2.05) is 31.2 Å². The minimum absolute atomic E-state index is 0.0437. The summed E-state index contributed by atoms with van der Waals surface area (Å²) < 4.78 is 11.5. The average Bonchev–Trinajstić information content (AvgIpc) is 2.65. The fourth-order valence-corrected chi connectivity index (χ4v) is 3.48. The molecule has 25 heavy (non-hydrogen) atoms. The van der Waals surface area contributed by atoms with Crippen molar-refractivity contribution in [3.05, 3.63) is 64.2 Å². The van der Waals surface area contributed by atoms with Crippen LogP contribution in [0.15, 0.2) is 42.5 Å². The summed E-state index contributed by atoms with van der Waals surface area (Å²) in [6.45, 7) is 2.74. The molecule has 2 unspecified atom stereocenters. The molecule has 2 aromatic rings. The van der Waals surface area contributed by atoms with E-state index in [9.17, 15) is 5.11 Å². The zero-order chi connectivity index (χ0) is 17.6. The Kier molecular flexibility index (Phi) is 6.35. The third-order valence-corrected chi connectivity index (χ3v) is 4.99. The highest BCUT2D eigenvalue weighted by Gasteiger charge is 2.23. The number of halogens is 1.